The van der Waals surface area contributed by atoms with Gasteiger partial charge in [0.15, 0.2) is 0 Å². The summed E-state index contributed by atoms with van der Waals surface area (Å²) >= 11 is 0. The molecule has 0 aromatic carbocycles. The van der Waals surface area contributed by atoms with Crippen LogP contribution in [0.25, 0.3) is 10.8 Å². The second-order valence-electron chi connectivity index (χ2n) is 2.85. The first-order valence-corrected chi connectivity index (χ1v) is 3.82. The number of aryl methyl sites for hydroxylation is 1. The number of aromatic nitrogens is 2. The molecule has 2 heterocycles. The number of rotatable bonds is 0. The quantitative estimate of drug-likeness (QED) is 0.640. The summed E-state index contributed by atoms with van der Waals surface area (Å²) in [6.45, 7) is 0. The molecule has 1 N–H and O–H groups in total. The Morgan fingerprint density at radius 3 is 3.00 bits per heavy atom. The monoisotopic (exact) mass is 176 g/mol. The predicted molar refractivity (Wildman–Crippen MR) is 48.6 cm³/mol. The van der Waals surface area contributed by atoms with E-state index in [1.165, 1.54) is 17.0 Å². The number of nitrogens with zero attached hydrogens (tertiary/aromatic N) is 2. The van der Waals surface area contributed by atoms with Crippen molar-refractivity contribution >= 4 is 10.8 Å². The van der Waals surface area contributed by atoms with Crippen LogP contribution in [0.15, 0.2) is 29.5 Å². The van der Waals surface area contributed by atoms with Crippen LogP contribution in [-0.4, -0.2) is 14.7 Å². The molecule has 0 saturated carbocycles. The fraction of sp³-hybridized carbons (Fsp3) is 0.111. The minimum Gasteiger partial charge on any atom is -0.506 e. The van der Waals surface area contributed by atoms with Crippen LogP contribution in [0.3, 0.4) is 0 Å². The average molecular weight is 176 g/mol. The topological polar surface area (TPSA) is 55.1 Å². The first-order valence-electron chi connectivity index (χ1n) is 3.82. The lowest BCUT2D eigenvalue weighted by Gasteiger charge is -2.02. The second-order valence-corrected chi connectivity index (χ2v) is 2.85. The van der Waals surface area contributed by atoms with Gasteiger partial charge in [-0.15, -0.1) is 0 Å². The lowest BCUT2D eigenvalue weighted by Crippen LogP contribution is -2.15. The van der Waals surface area contributed by atoms with E-state index in [9.17, 15) is 9.90 Å². The van der Waals surface area contributed by atoms with Crippen LogP contribution in [-0.2, 0) is 7.05 Å². The third-order valence-corrected chi connectivity index (χ3v) is 1.96. The minimum atomic E-state index is -0.152. The molecule has 4 heteroatoms. The van der Waals surface area contributed by atoms with Crippen LogP contribution in [0.5, 0.6) is 5.75 Å². The summed E-state index contributed by atoms with van der Waals surface area (Å²) in [5, 5.41) is 10.5. The van der Waals surface area contributed by atoms with Crippen LogP contribution in [0.4, 0.5) is 0 Å². The van der Waals surface area contributed by atoms with Crippen molar-refractivity contribution in [3.63, 3.8) is 0 Å². The van der Waals surface area contributed by atoms with E-state index in [1.807, 2.05) is 0 Å². The number of hydrogen-bond acceptors (Lipinski definition) is 3. The second kappa shape index (κ2) is 2.58. The van der Waals surface area contributed by atoms with Crippen molar-refractivity contribution in [3.8, 4) is 5.75 Å². The van der Waals surface area contributed by atoms with Gasteiger partial charge in [-0.05, 0) is 6.07 Å². The summed E-state index contributed by atoms with van der Waals surface area (Å²) in [6, 6.07) is 1.62. The van der Waals surface area contributed by atoms with E-state index < -0.39 is 0 Å². The van der Waals surface area contributed by atoms with Gasteiger partial charge in [0, 0.05) is 31.0 Å². The highest BCUT2D eigenvalue weighted by atomic mass is 16.3. The maximum atomic E-state index is 11.5. The molecule has 2 rings (SSSR count). The van der Waals surface area contributed by atoms with E-state index in [2.05, 4.69) is 4.98 Å². The lowest BCUT2D eigenvalue weighted by atomic mass is 10.2. The molecule has 0 aliphatic carbocycles. The van der Waals surface area contributed by atoms with Gasteiger partial charge < -0.3 is 9.67 Å². The van der Waals surface area contributed by atoms with Gasteiger partial charge in [-0.2, -0.15) is 0 Å². The molecule has 0 unspecified atom stereocenters. The van der Waals surface area contributed by atoms with Gasteiger partial charge in [-0.3, -0.25) is 9.78 Å². The molecule has 13 heavy (non-hydrogen) atoms. The Bertz CT molecular complexity index is 516. The van der Waals surface area contributed by atoms with E-state index in [4.69, 9.17) is 0 Å². The maximum absolute atomic E-state index is 11.5. The first kappa shape index (κ1) is 7.79. The normalized spacial score (nSPS) is 10.5. The summed E-state index contributed by atoms with van der Waals surface area (Å²) < 4.78 is 1.33. The zero-order valence-electron chi connectivity index (χ0n) is 7.06. The van der Waals surface area contributed by atoms with Crippen LogP contribution < -0.4 is 5.56 Å². The first-order chi connectivity index (χ1) is 6.20. The van der Waals surface area contributed by atoms with Crippen LogP contribution >= 0.6 is 0 Å². The molecule has 0 bridgehead atoms. The van der Waals surface area contributed by atoms with Gasteiger partial charge in [0.1, 0.15) is 5.75 Å². The molecule has 4 nitrogen and oxygen atoms in total. The van der Waals surface area contributed by atoms with Gasteiger partial charge >= 0.3 is 0 Å². The Kier molecular flexibility index (Phi) is 1.55. The summed E-state index contributed by atoms with van der Waals surface area (Å²) in [6.07, 6.45) is 4.39. The maximum Gasteiger partial charge on any atom is 0.259 e. The molecule has 0 atom stereocenters. The molecule has 2 aromatic heterocycles. The SMILES string of the molecule is Cn1cc(O)c2ccncc2c1=O. The highest BCUT2D eigenvalue weighted by molar-refractivity contribution is 5.85. The van der Waals surface area contributed by atoms with Crippen molar-refractivity contribution in [2.24, 2.45) is 7.05 Å². The predicted octanol–water partition coefficient (Wildman–Crippen LogP) is 0.639. The molecule has 0 aliphatic heterocycles. The third-order valence-electron chi connectivity index (χ3n) is 1.96. The summed E-state index contributed by atoms with van der Waals surface area (Å²) in [4.78, 5) is 15.3. The van der Waals surface area contributed by atoms with Gasteiger partial charge in [-0.1, -0.05) is 0 Å². The van der Waals surface area contributed by atoms with Gasteiger partial charge in [0.2, 0.25) is 0 Å². The summed E-state index contributed by atoms with van der Waals surface area (Å²) in [5.41, 5.74) is -0.152. The fourth-order valence-corrected chi connectivity index (χ4v) is 1.29. The van der Waals surface area contributed by atoms with Crippen molar-refractivity contribution in [1.29, 1.82) is 0 Å². The Morgan fingerprint density at radius 2 is 2.23 bits per heavy atom. The summed E-state index contributed by atoms with van der Waals surface area (Å²) in [7, 11) is 1.59. The minimum absolute atomic E-state index is 0.0968. The number of hydrogen-bond donors (Lipinski definition) is 1. The van der Waals surface area contributed by atoms with Gasteiger partial charge in [-0.25, -0.2) is 0 Å². The number of pyridine rings is 2. The molecule has 0 spiro atoms. The van der Waals surface area contributed by atoms with Crippen molar-refractivity contribution in [1.82, 2.24) is 9.55 Å². The summed E-state index contributed by atoms with van der Waals surface area (Å²) in [5.74, 6) is 0.0968. The third kappa shape index (κ3) is 1.07. The Labute approximate surface area is 74.1 Å². The molecular formula is C9H8N2O2. The van der Waals surface area contributed by atoms with Crippen LogP contribution in [0, 0.1) is 0 Å². The highest BCUT2D eigenvalue weighted by Gasteiger charge is 2.04. The number of aromatic hydroxyl groups is 1. The zero-order valence-corrected chi connectivity index (χ0v) is 7.06. The van der Waals surface area contributed by atoms with E-state index in [0.717, 1.165) is 0 Å². The van der Waals surface area contributed by atoms with Gasteiger partial charge in [0.25, 0.3) is 5.56 Å². The molecule has 0 saturated heterocycles. The van der Waals surface area contributed by atoms with Gasteiger partial charge in [0.05, 0.1) is 5.39 Å². The molecule has 0 radical (unpaired) electrons. The molecule has 0 aliphatic rings. The Hall–Kier alpha value is -1.84. The largest absolute Gasteiger partial charge is 0.506 e. The molecule has 0 amide bonds. The number of fused-ring (bicyclic) bond motifs is 1. The molecular weight excluding hydrogens is 168 g/mol. The van der Waals surface area contributed by atoms with E-state index in [1.54, 1.807) is 19.3 Å². The molecule has 66 valence electrons. The van der Waals surface area contributed by atoms with E-state index in [0.29, 0.717) is 10.8 Å². The van der Waals surface area contributed by atoms with E-state index in [-0.39, 0.29) is 11.3 Å². The van der Waals surface area contributed by atoms with Crippen molar-refractivity contribution in [3.05, 3.63) is 35.0 Å². The van der Waals surface area contributed by atoms with Crippen molar-refractivity contribution in [2.45, 2.75) is 0 Å². The van der Waals surface area contributed by atoms with Crippen LogP contribution in [0.2, 0.25) is 0 Å². The Balaban J connectivity index is 3.06. The Morgan fingerprint density at radius 1 is 1.46 bits per heavy atom. The lowest BCUT2D eigenvalue weighted by molar-refractivity contribution is 0.475. The average Bonchev–Trinajstić information content (AvgIpc) is 2.15. The molecule has 2 aromatic rings. The smallest absolute Gasteiger partial charge is 0.259 e. The standard InChI is InChI=1S/C9H8N2O2/c1-11-5-8(12)6-2-3-10-4-7(6)9(11)13/h2-5,12H,1H3. The highest BCUT2D eigenvalue weighted by Crippen LogP contribution is 2.19. The zero-order chi connectivity index (χ0) is 9.42. The molecule has 0 fully saturated rings. The van der Waals surface area contributed by atoms with Crippen molar-refractivity contribution < 1.29 is 5.11 Å². The fourth-order valence-electron chi connectivity index (χ4n) is 1.29. The van der Waals surface area contributed by atoms with Crippen LogP contribution in [0.1, 0.15) is 0 Å². The van der Waals surface area contributed by atoms with Crippen molar-refractivity contribution in [2.75, 3.05) is 0 Å². The van der Waals surface area contributed by atoms with E-state index >= 15 is 0 Å².